The number of aliphatic hydroxyl groups excluding tert-OH is 1. The second-order valence-corrected chi connectivity index (χ2v) is 13.0. The second kappa shape index (κ2) is 13.5. The van der Waals surface area contributed by atoms with Gasteiger partial charge in [-0.2, -0.15) is 0 Å². The van der Waals surface area contributed by atoms with E-state index in [1.807, 2.05) is 79.7 Å². The van der Waals surface area contributed by atoms with Crippen molar-refractivity contribution in [2.45, 2.75) is 50.0 Å². The molecule has 47 heavy (non-hydrogen) atoms. The van der Waals surface area contributed by atoms with Crippen LogP contribution >= 0.6 is 11.6 Å². The van der Waals surface area contributed by atoms with E-state index in [9.17, 15) is 14.7 Å². The predicted molar refractivity (Wildman–Crippen MR) is 183 cm³/mol. The van der Waals surface area contributed by atoms with Crippen molar-refractivity contribution >= 4 is 40.7 Å². The van der Waals surface area contributed by atoms with E-state index >= 15 is 4.79 Å². The molecule has 244 valence electrons. The molecule has 3 fully saturated rings. The zero-order valence-electron chi connectivity index (χ0n) is 26.5. The fourth-order valence-electron chi connectivity index (χ4n) is 7.96. The smallest absolute Gasteiger partial charge is 0.253 e. The standard InChI is InChI=1S/C38H40ClN3O5/c1-4-21-40(27-16-10-7-11-17-27)35(44)31-30-19-20-38(47-30)32(31)36(45)42(28(24-43)23-26-14-8-6-9-15-26)34(38)37(46)41(22-5-2)33-25(3)13-12-18-29(33)39/h4-18,28,30-32,34,43H,1-2,19-24H2,3H3/t28-,30-,31+,32+,34?,38?/m1/s1. The third-order valence-electron chi connectivity index (χ3n) is 9.86. The van der Waals surface area contributed by atoms with Gasteiger partial charge in [-0.15, -0.1) is 13.2 Å². The zero-order valence-corrected chi connectivity index (χ0v) is 27.3. The van der Waals surface area contributed by atoms with Crippen molar-refractivity contribution in [3.8, 4) is 0 Å². The van der Waals surface area contributed by atoms with Crippen LogP contribution in [-0.2, 0) is 25.5 Å². The van der Waals surface area contributed by atoms with E-state index in [0.29, 0.717) is 35.7 Å². The van der Waals surface area contributed by atoms with Crippen LogP contribution in [0.1, 0.15) is 24.0 Å². The normalized spacial score (nSPS) is 24.9. The summed E-state index contributed by atoms with van der Waals surface area (Å²) < 4.78 is 6.76. The number of para-hydroxylation sites is 2. The number of fused-ring (bicyclic) bond motifs is 1. The summed E-state index contributed by atoms with van der Waals surface area (Å²) in [4.78, 5) is 49.2. The van der Waals surface area contributed by atoms with E-state index in [1.54, 1.807) is 28.0 Å². The first-order valence-electron chi connectivity index (χ1n) is 16.1. The van der Waals surface area contributed by atoms with E-state index in [2.05, 4.69) is 13.2 Å². The van der Waals surface area contributed by atoms with Crippen LogP contribution in [0.4, 0.5) is 11.4 Å². The third kappa shape index (κ3) is 5.58. The van der Waals surface area contributed by atoms with Crippen molar-refractivity contribution in [2.75, 3.05) is 29.5 Å². The highest BCUT2D eigenvalue weighted by molar-refractivity contribution is 6.34. The summed E-state index contributed by atoms with van der Waals surface area (Å²) in [6.07, 6.45) is 3.99. The number of halogens is 1. The van der Waals surface area contributed by atoms with Crippen molar-refractivity contribution in [1.29, 1.82) is 0 Å². The van der Waals surface area contributed by atoms with E-state index in [-0.39, 0.29) is 37.4 Å². The average Bonchev–Trinajstić information content (AvgIpc) is 3.73. The minimum Gasteiger partial charge on any atom is -0.394 e. The molecule has 3 amide bonds. The van der Waals surface area contributed by atoms with Crippen LogP contribution in [0, 0.1) is 18.8 Å². The quantitative estimate of drug-likeness (QED) is 0.266. The van der Waals surface area contributed by atoms with Gasteiger partial charge in [0.2, 0.25) is 11.8 Å². The largest absolute Gasteiger partial charge is 0.394 e. The number of hydrogen-bond donors (Lipinski definition) is 1. The highest BCUT2D eigenvalue weighted by Gasteiger charge is 2.75. The van der Waals surface area contributed by atoms with Gasteiger partial charge in [-0.3, -0.25) is 14.4 Å². The molecule has 3 aromatic carbocycles. The molecule has 2 unspecified atom stereocenters. The highest BCUT2D eigenvalue weighted by Crippen LogP contribution is 2.59. The average molecular weight is 654 g/mol. The molecule has 0 aromatic heterocycles. The van der Waals surface area contributed by atoms with E-state index in [4.69, 9.17) is 16.3 Å². The summed E-state index contributed by atoms with van der Waals surface area (Å²) >= 11 is 6.71. The Bertz CT molecular complexity index is 1650. The summed E-state index contributed by atoms with van der Waals surface area (Å²) in [5, 5.41) is 11.2. The van der Waals surface area contributed by atoms with Gasteiger partial charge in [-0.1, -0.05) is 84.4 Å². The van der Waals surface area contributed by atoms with Crippen molar-refractivity contribution in [3.63, 3.8) is 0 Å². The van der Waals surface area contributed by atoms with Gasteiger partial charge in [-0.05, 0) is 55.5 Å². The number of aliphatic hydroxyl groups is 1. The minimum atomic E-state index is -1.27. The number of rotatable bonds is 12. The molecule has 2 bridgehead atoms. The van der Waals surface area contributed by atoms with Crippen molar-refractivity contribution < 1.29 is 24.2 Å². The molecule has 3 aromatic rings. The topological polar surface area (TPSA) is 90.4 Å². The number of aryl methyl sites for hydroxylation is 1. The maximum atomic E-state index is 15.1. The molecule has 1 N–H and O–H groups in total. The summed E-state index contributed by atoms with van der Waals surface area (Å²) in [6, 6.07) is 22.4. The number of hydrogen-bond acceptors (Lipinski definition) is 5. The fraction of sp³-hybridized carbons (Fsp3) is 0.342. The molecule has 0 aliphatic carbocycles. The van der Waals surface area contributed by atoms with Gasteiger partial charge in [0.25, 0.3) is 5.91 Å². The number of carbonyl (C=O) groups is 3. The Kier molecular flexibility index (Phi) is 9.37. The minimum absolute atomic E-state index is 0.137. The van der Waals surface area contributed by atoms with Crippen LogP contribution in [0.15, 0.2) is 104 Å². The summed E-state index contributed by atoms with van der Waals surface area (Å²) in [7, 11) is 0. The Morgan fingerprint density at radius 3 is 2.30 bits per heavy atom. The lowest BCUT2D eigenvalue weighted by atomic mass is 9.70. The molecule has 6 rings (SSSR count). The van der Waals surface area contributed by atoms with Gasteiger partial charge >= 0.3 is 0 Å². The lowest BCUT2D eigenvalue weighted by Crippen LogP contribution is -2.59. The zero-order chi connectivity index (χ0) is 33.3. The van der Waals surface area contributed by atoms with Gasteiger partial charge in [0.15, 0.2) is 0 Å². The van der Waals surface area contributed by atoms with Crippen molar-refractivity contribution in [2.24, 2.45) is 11.8 Å². The Balaban J connectivity index is 1.47. The second-order valence-electron chi connectivity index (χ2n) is 12.5. The van der Waals surface area contributed by atoms with Crippen LogP contribution in [0.2, 0.25) is 5.02 Å². The summed E-state index contributed by atoms with van der Waals surface area (Å²) in [6.45, 7) is 9.65. The van der Waals surface area contributed by atoms with Crippen molar-refractivity contribution in [1.82, 2.24) is 4.90 Å². The predicted octanol–water partition coefficient (Wildman–Crippen LogP) is 5.36. The van der Waals surface area contributed by atoms with Crippen molar-refractivity contribution in [3.05, 3.63) is 120 Å². The third-order valence-corrected chi connectivity index (χ3v) is 10.2. The molecule has 3 heterocycles. The molecule has 3 saturated heterocycles. The molecule has 8 nitrogen and oxygen atoms in total. The molecule has 0 radical (unpaired) electrons. The first kappa shape index (κ1) is 32.7. The molecule has 0 saturated carbocycles. The van der Waals surface area contributed by atoms with E-state index in [1.165, 1.54) is 4.90 Å². The lowest BCUT2D eigenvalue weighted by molar-refractivity contribution is -0.144. The number of likely N-dealkylation sites (tertiary alicyclic amines) is 1. The Labute approximate surface area is 280 Å². The Morgan fingerprint density at radius 1 is 1.00 bits per heavy atom. The van der Waals surface area contributed by atoms with Gasteiger partial charge in [-0.25, -0.2) is 0 Å². The highest BCUT2D eigenvalue weighted by atomic mass is 35.5. The van der Waals surface area contributed by atoms with Gasteiger partial charge in [0.05, 0.1) is 41.3 Å². The van der Waals surface area contributed by atoms with Gasteiger partial charge < -0.3 is 24.5 Å². The Hall–Kier alpha value is -4.24. The number of anilines is 2. The van der Waals surface area contributed by atoms with E-state index in [0.717, 1.165) is 11.1 Å². The SMILES string of the molecule is C=CCN(C(=O)[C@@H]1[C@H]2C(=O)N([C@@H](CO)Cc3ccccc3)C(C(=O)N(CC=C)c3c(C)cccc3Cl)C23CC[C@H]1O3)c1ccccc1. The van der Waals surface area contributed by atoms with Crippen LogP contribution < -0.4 is 9.80 Å². The molecular formula is C38H40ClN3O5. The number of ether oxygens (including phenoxy) is 1. The Morgan fingerprint density at radius 2 is 1.66 bits per heavy atom. The number of benzene rings is 3. The first-order valence-corrected chi connectivity index (χ1v) is 16.4. The number of nitrogens with zero attached hydrogens (tertiary/aromatic N) is 3. The van der Waals surface area contributed by atoms with E-state index < -0.39 is 35.6 Å². The lowest BCUT2D eigenvalue weighted by Gasteiger charge is -2.39. The van der Waals surface area contributed by atoms with Crippen LogP contribution in [0.25, 0.3) is 0 Å². The van der Waals surface area contributed by atoms with Crippen LogP contribution in [-0.4, -0.2) is 71.2 Å². The summed E-state index contributed by atoms with van der Waals surface area (Å²) in [5.41, 5.74) is 1.63. The molecule has 1 spiro atoms. The number of amides is 3. The monoisotopic (exact) mass is 653 g/mol. The molecular weight excluding hydrogens is 614 g/mol. The maximum absolute atomic E-state index is 15.1. The first-order chi connectivity index (χ1) is 22.8. The molecule has 3 aliphatic rings. The fourth-order valence-corrected chi connectivity index (χ4v) is 8.28. The summed E-state index contributed by atoms with van der Waals surface area (Å²) in [5.74, 6) is -2.73. The molecule has 6 atom stereocenters. The molecule has 9 heteroatoms. The molecule has 3 aliphatic heterocycles. The van der Waals surface area contributed by atoms with Gasteiger partial charge in [0, 0.05) is 18.8 Å². The van der Waals surface area contributed by atoms with Gasteiger partial charge in [0.1, 0.15) is 11.6 Å². The van der Waals surface area contributed by atoms with Crippen LogP contribution in [0.3, 0.4) is 0 Å². The maximum Gasteiger partial charge on any atom is 0.253 e. The number of carbonyl (C=O) groups excluding carboxylic acids is 3. The van der Waals surface area contributed by atoms with Crippen LogP contribution in [0.5, 0.6) is 0 Å².